The molecule has 8 nitrogen and oxygen atoms in total. The van der Waals surface area contributed by atoms with Gasteiger partial charge in [0.2, 0.25) is 0 Å². The fourth-order valence-electron chi connectivity index (χ4n) is 1.50. The highest BCUT2D eigenvalue weighted by Crippen LogP contribution is 2.14. The van der Waals surface area contributed by atoms with Gasteiger partial charge in [-0.3, -0.25) is 25.2 Å². The SMILES string of the molecule is COc1ccc(NC(=O)C(=O)NNC(=O)c2ccco2)cc1. The number of carbonyl (C=O) groups excluding carboxylic acids is 3. The van der Waals surface area contributed by atoms with Gasteiger partial charge in [0.15, 0.2) is 5.76 Å². The van der Waals surface area contributed by atoms with Gasteiger partial charge < -0.3 is 14.5 Å². The molecule has 0 aliphatic rings. The maximum atomic E-state index is 11.6. The molecule has 3 N–H and O–H groups in total. The molecule has 0 saturated heterocycles. The van der Waals surface area contributed by atoms with Crippen LogP contribution in [0.2, 0.25) is 0 Å². The second-order valence-electron chi connectivity index (χ2n) is 4.07. The number of amides is 3. The summed E-state index contributed by atoms with van der Waals surface area (Å²) < 4.78 is 9.80. The number of hydrazine groups is 1. The Morgan fingerprint density at radius 3 is 2.32 bits per heavy atom. The highest BCUT2D eigenvalue weighted by molar-refractivity contribution is 6.39. The number of nitrogens with one attached hydrogen (secondary N) is 3. The van der Waals surface area contributed by atoms with Gasteiger partial charge in [0, 0.05) is 5.69 Å². The summed E-state index contributed by atoms with van der Waals surface area (Å²) in [7, 11) is 1.52. The first-order valence-corrected chi connectivity index (χ1v) is 6.19. The number of hydrogen-bond acceptors (Lipinski definition) is 5. The lowest BCUT2D eigenvalue weighted by Crippen LogP contribution is -2.46. The van der Waals surface area contributed by atoms with E-state index in [0.717, 1.165) is 0 Å². The lowest BCUT2D eigenvalue weighted by atomic mass is 10.3. The van der Waals surface area contributed by atoms with Crippen molar-refractivity contribution in [3.8, 4) is 5.75 Å². The Hall–Kier alpha value is -3.29. The maximum absolute atomic E-state index is 11.6. The van der Waals surface area contributed by atoms with E-state index < -0.39 is 17.7 Å². The Labute approximate surface area is 125 Å². The summed E-state index contributed by atoms with van der Waals surface area (Å²) in [5.74, 6) is -1.99. The average Bonchev–Trinajstić information content (AvgIpc) is 3.07. The van der Waals surface area contributed by atoms with Gasteiger partial charge in [-0.25, -0.2) is 0 Å². The molecule has 8 heteroatoms. The molecule has 0 unspecified atom stereocenters. The van der Waals surface area contributed by atoms with Crippen molar-refractivity contribution in [1.82, 2.24) is 10.9 Å². The van der Waals surface area contributed by atoms with Gasteiger partial charge in [0.05, 0.1) is 13.4 Å². The summed E-state index contributed by atoms with van der Waals surface area (Å²) in [6, 6.07) is 9.35. The third-order valence-electron chi connectivity index (χ3n) is 2.59. The fourth-order valence-corrected chi connectivity index (χ4v) is 1.50. The molecule has 0 aliphatic heterocycles. The zero-order chi connectivity index (χ0) is 15.9. The van der Waals surface area contributed by atoms with Crippen LogP contribution in [0.1, 0.15) is 10.6 Å². The molecule has 0 fully saturated rings. The first-order chi connectivity index (χ1) is 10.6. The van der Waals surface area contributed by atoms with Crippen LogP contribution in [-0.2, 0) is 9.59 Å². The van der Waals surface area contributed by atoms with E-state index in [1.165, 1.54) is 25.5 Å². The van der Waals surface area contributed by atoms with Crippen molar-refractivity contribution in [3.63, 3.8) is 0 Å². The molecule has 2 rings (SSSR count). The number of benzene rings is 1. The van der Waals surface area contributed by atoms with E-state index in [-0.39, 0.29) is 5.76 Å². The second kappa shape index (κ2) is 6.93. The Morgan fingerprint density at radius 2 is 1.73 bits per heavy atom. The quantitative estimate of drug-likeness (QED) is 0.571. The number of rotatable bonds is 3. The molecule has 22 heavy (non-hydrogen) atoms. The Bertz CT molecular complexity index is 664. The molecule has 0 bridgehead atoms. The average molecular weight is 303 g/mol. The monoisotopic (exact) mass is 303 g/mol. The predicted octanol–water partition coefficient (Wildman–Crippen LogP) is 0.688. The van der Waals surface area contributed by atoms with E-state index in [0.29, 0.717) is 11.4 Å². The number of furan rings is 1. The van der Waals surface area contributed by atoms with Crippen LogP contribution in [0.4, 0.5) is 5.69 Å². The van der Waals surface area contributed by atoms with Crippen LogP contribution in [0.25, 0.3) is 0 Å². The van der Waals surface area contributed by atoms with Crippen molar-refractivity contribution in [2.45, 2.75) is 0 Å². The molecule has 1 aromatic carbocycles. The molecular formula is C14H13N3O5. The predicted molar refractivity (Wildman–Crippen MR) is 75.9 cm³/mol. The summed E-state index contributed by atoms with van der Waals surface area (Å²) in [6.45, 7) is 0. The van der Waals surface area contributed by atoms with Crippen molar-refractivity contribution < 1.29 is 23.5 Å². The molecule has 2 aromatic rings. The lowest BCUT2D eigenvalue weighted by molar-refractivity contribution is -0.136. The van der Waals surface area contributed by atoms with E-state index in [2.05, 4.69) is 10.7 Å². The van der Waals surface area contributed by atoms with E-state index in [9.17, 15) is 14.4 Å². The molecular weight excluding hydrogens is 290 g/mol. The Balaban J connectivity index is 1.84. The minimum Gasteiger partial charge on any atom is -0.497 e. The van der Waals surface area contributed by atoms with Gasteiger partial charge >= 0.3 is 17.7 Å². The van der Waals surface area contributed by atoms with Crippen LogP contribution in [0, 0.1) is 0 Å². The Kier molecular flexibility index (Phi) is 4.76. The fraction of sp³-hybridized carbons (Fsp3) is 0.0714. The van der Waals surface area contributed by atoms with E-state index >= 15 is 0 Å². The highest BCUT2D eigenvalue weighted by Gasteiger charge is 2.16. The van der Waals surface area contributed by atoms with Crippen LogP contribution in [0.15, 0.2) is 47.1 Å². The zero-order valence-corrected chi connectivity index (χ0v) is 11.6. The van der Waals surface area contributed by atoms with E-state index in [1.807, 2.05) is 5.43 Å². The number of ether oxygens (including phenoxy) is 1. The first-order valence-electron chi connectivity index (χ1n) is 6.19. The van der Waals surface area contributed by atoms with E-state index in [1.54, 1.807) is 24.3 Å². The van der Waals surface area contributed by atoms with Crippen LogP contribution >= 0.6 is 0 Å². The summed E-state index contributed by atoms with van der Waals surface area (Å²) in [5, 5.41) is 2.37. The third-order valence-corrected chi connectivity index (χ3v) is 2.59. The van der Waals surface area contributed by atoms with Crippen LogP contribution in [-0.4, -0.2) is 24.8 Å². The van der Waals surface area contributed by atoms with Gasteiger partial charge in [-0.1, -0.05) is 0 Å². The minimum absolute atomic E-state index is 0.0101. The number of methoxy groups -OCH3 is 1. The zero-order valence-electron chi connectivity index (χ0n) is 11.6. The highest BCUT2D eigenvalue weighted by atomic mass is 16.5. The largest absolute Gasteiger partial charge is 0.497 e. The molecule has 0 atom stereocenters. The molecule has 0 spiro atoms. The second-order valence-corrected chi connectivity index (χ2v) is 4.07. The molecule has 0 aliphatic carbocycles. The van der Waals surface area contributed by atoms with Crippen molar-refractivity contribution >= 4 is 23.4 Å². The normalized spacial score (nSPS) is 9.68. The molecule has 3 amide bonds. The lowest BCUT2D eigenvalue weighted by Gasteiger charge is -2.07. The van der Waals surface area contributed by atoms with Crippen molar-refractivity contribution in [1.29, 1.82) is 0 Å². The molecule has 1 aromatic heterocycles. The van der Waals surface area contributed by atoms with Gasteiger partial charge in [0.25, 0.3) is 0 Å². The van der Waals surface area contributed by atoms with Crippen molar-refractivity contribution in [2.75, 3.05) is 12.4 Å². The molecule has 114 valence electrons. The molecule has 1 heterocycles. The van der Waals surface area contributed by atoms with Gasteiger partial charge in [-0.15, -0.1) is 0 Å². The van der Waals surface area contributed by atoms with Gasteiger partial charge in [-0.05, 0) is 36.4 Å². The van der Waals surface area contributed by atoms with Crippen LogP contribution in [0.5, 0.6) is 5.75 Å². The smallest absolute Gasteiger partial charge is 0.328 e. The van der Waals surface area contributed by atoms with E-state index in [4.69, 9.17) is 9.15 Å². The summed E-state index contributed by atoms with van der Waals surface area (Å²) in [6.07, 6.45) is 1.31. The van der Waals surface area contributed by atoms with Crippen molar-refractivity contribution in [2.24, 2.45) is 0 Å². The molecule has 0 saturated carbocycles. The summed E-state index contributed by atoms with van der Waals surface area (Å²) in [5.41, 5.74) is 4.45. The third kappa shape index (κ3) is 3.85. The Morgan fingerprint density at radius 1 is 1.00 bits per heavy atom. The van der Waals surface area contributed by atoms with Crippen molar-refractivity contribution in [3.05, 3.63) is 48.4 Å². The maximum Gasteiger partial charge on any atom is 0.328 e. The summed E-state index contributed by atoms with van der Waals surface area (Å²) in [4.78, 5) is 34.7. The number of anilines is 1. The topological polar surface area (TPSA) is 110 Å². The van der Waals surface area contributed by atoms with Crippen LogP contribution in [0.3, 0.4) is 0 Å². The standard InChI is InChI=1S/C14H13N3O5/c1-21-10-6-4-9(5-7-10)15-13(19)14(20)17-16-12(18)11-3-2-8-22-11/h2-8H,1H3,(H,15,19)(H,16,18)(H,17,20). The van der Waals surface area contributed by atoms with Gasteiger partial charge in [-0.2, -0.15) is 0 Å². The minimum atomic E-state index is -1.02. The summed E-state index contributed by atoms with van der Waals surface area (Å²) >= 11 is 0. The van der Waals surface area contributed by atoms with Crippen LogP contribution < -0.4 is 20.9 Å². The number of hydrogen-bond donors (Lipinski definition) is 3. The number of carbonyl (C=O) groups is 3. The first kappa shape index (κ1) is 15.1. The van der Waals surface area contributed by atoms with Gasteiger partial charge in [0.1, 0.15) is 5.75 Å². The molecule has 0 radical (unpaired) electrons.